The number of nitrogen functional groups attached to an aromatic ring is 1. The van der Waals surface area contributed by atoms with E-state index in [1.807, 2.05) is 12.1 Å². The second kappa shape index (κ2) is 6.60. The Morgan fingerprint density at radius 1 is 1.28 bits per heavy atom. The summed E-state index contributed by atoms with van der Waals surface area (Å²) < 4.78 is 5.70. The lowest BCUT2D eigenvalue weighted by atomic mass is 10.1. The first-order valence-corrected chi connectivity index (χ1v) is 8.83. The largest absolute Gasteiger partial charge is 0.488 e. The van der Waals surface area contributed by atoms with Crippen LogP contribution in [-0.4, -0.2) is 27.1 Å². The number of nitrogens with zero attached hydrogens (tertiary/aromatic N) is 3. The lowest BCUT2D eigenvalue weighted by Crippen LogP contribution is -2.06. The zero-order valence-corrected chi connectivity index (χ0v) is 14.2. The molecule has 0 bridgehead atoms. The number of anilines is 1. The van der Waals surface area contributed by atoms with Crippen molar-refractivity contribution in [2.75, 3.05) is 5.73 Å². The zero-order valence-electron chi connectivity index (χ0n) is 13.4. The van der Waals surface area contributed by atoms with Gasteiger partial charge in [0.25, 0.3) is 0 Å². The van der Waals surface area contributed by atoms with Crippen LogP contribution in [-0.2, 0) is 6.42 Å². The maximum Gasteiger partial charge on any atom is 0.169 e. The number of pyridine rings is 1. The van der Waals surface area contributed by atoms with Crippen molar-refractivity contribution in [3.63, 3.8) is 0 Å². The molecule has 0 atom stereocenters. The molecule has 1 aromatic carbocycles. The number of ether oxygens (including phenoxy) is 1. The number of hydrogen-bond acceptors (Lipinski definition) is 7. The summed E-state index contributed by atoms with van der Waals surface area (Å²) in [7, 11) is 0. The first-order valence-electron chi connectivity index (χ1n) is 8.01. The second-order valence-corrected chi connectivity index (χ2v) is 6.97. The number of carbonyl (C=O) groups is 1. The summed E-state index contributed by atoms with van der Waals surface area (Å²) >= 11 is 1.39. The van der Waals surface area contributed by atoms with Crippen molar-refractivity contribution in [2.45, 2.75) is 25.4 Å². The van der Waals surface area contributed by atoms with Gasteiger partial charge >= 0.3 is 0 Å². The molecule has 0 amide bonds. The van der Waals surface area contributed by atoms with Crippen molar-refractivity contribution < 1.29 is 9.53 Å². The Bertz CT molecular complexity index is 906. The van der Waals surface area contributed by atoms with Crippen molar-refractivity contribution in [1.29, 1.82) is 0 Å². The monoisotopic (exact) mass is 352 g/mol. The van der Waals surface area contributed by atoms with Crippen LogP contribution in [0.1, 0.15) is 28.2 Å². The third kappa shape index (κ3) is 3.66. The first kappa shape index (κ1) is 15.7. The van der Waals surface area contributed by atoms with Crippen LogP contribution in [0.3, 0.4) is 0 Å². The van der Waals surface area contributed by atoms with E-state index in [9.17, 15) is 4.79 Å². The molecule has 2 heterocycles. The Kier molecular flexibility index (Phi) is 4.15. The fraction of sp³-hybridized carbons (Fsp3) is 0.222. The number of nitrogens with two attached hydrogens (primary N) is 1. The van der Waals surface area contributed by atoms with Gasteiger partial charge in [-0.05, 0) is 43.2 Å². The van der Waals surface area contributed by atoms with Crippen molar-refractivity contribution in [3.8, 4) is 16.3 Å². The Labute approximate surface area is 148 Å². The van der Waals surface area contributed by atoms with Gasteiger partial charge in [-0.2, -0.15) is 0 Å². The molecule has 0 unspecified atom stereocenters. The number of aromatic nitrogens is 3. The van der Waals surface area contributed by atoms with E-state index in [4.69, 9.17) is 10.5 Å². The van der Waals surface area contributed by atoms with Crippen LogP contribution < -0.4 is 10.5 Å². The maximum absolute atomic E-state index is 12.5. The Hall–Kier alpha value is -2.80. The lowest BCUT2D eigenvalue weighted by Gasteiger charge is -2.08. The minimum absolute atomic E-state index is 0.0430. The van der Waals surface area contributed by atoms with E-state index in [1.54, 1.807) is 30.6 Å². The molecule has 7 heteroatoms. The van der Waals surface area contributed by atoms with E-state index in [1.165, 1.54) is 11.3 Å². The van der Waals surface area contributed by atoms with E-state index in [0.717, 1.165) is 23.4 Å². The number of Topliss-reactive ketones (excluding diaryl/α,β-unsaturated/α-hetero) is 1. The minimum atomic E-state index is -0.0430. The molecular weight excluding hydrogens is 336 g/mol. The maximum atomic E-state index is 12.5. The zero-order chi connectivity index (χ0) is 17.2. The molecule has 2 N–H and O–H groups in total. The molecule has 1 saturated carbocycles. The molecule has 6 nitrogen and oxygen atoms in total. The summed E-state index contributed by atoms with van der Waals surface area (Å²) in [5, 5.41) is 9.67. The highest BCUT2D eigenvalue weighted by molar-refractivity contribution is 7.14. The number of hydrogen-bond donors (Lipinski definition) is 1. The van der Waals surface area contributed by atoms with Crippen LogP contribution in [0.5, 0.6) is 5.75 Å². The Morgan fingerprint density at radius 2 is 2.16 bits per heavy atom. The molecule has 1 fully saturated rings. The van der Waals surface area contributed by atoms with Gasteiger partial charge in [-0.25, -0.2) is 0 Å². The molecule has 1 aliphatic rings. The van der Waals surface area contributed by atoms with Crippen LogP contribution in [0.2, 0.25) is 0 Å². The fourth-order valence-corrected chi connectivity index (χ4v) is 3.19. The molecule has 25 heavy (non-hydrogen) atoms. The van der Waals surface area contributed by atoms with Crippen LogP contribution in [0.4, 0.5) is 5.69 Å². The van der Waals surface area contributed by atoms with Crippen LogP contribution in [0, 0.1) is 0 Å². The molecule has 126 valence electrons. The number of carbonyl (C=O) groups excluding carboxylic acids is 1. The standard InChI is InChI=1S/C18H16N4O2S/c19-14-8-11(3-6-16(14)24-13-4-5-13)15(23)9-17-21-22-18(25-17)12-2-1-7-20-10-12/h1-3,6-8,10,13H,4-5,9,19H2. The second-order valence-electron chi connectivity index (χ2n) is 5.91. The predicted molar refractivity (Wildman–Crippen MR) is 95.7 cm³/mol. The van der Waals surface area contributed by atoms with E-state index in [-0.39, 0.29) is 18.3 Å². The van der Waals surface area contributed by atoms with Gasteiger partial charge < -0.3 is 10.5 Å². The van der Waals surface area contributed by atoms with Crippen molar-refractivity contribution in [2.24, 2.45) is 0 Å². The third-order valence-corrected chi connectivity index (χ3v) is 4.81. The smallest absolute Gasteiger partial charge is 0.169 e. The number of rotatable bonds is 6. The molecule has 4 rings (SSSR count). The normalized spacial score (nSPS) is 13.6. The van der Waals surface area contributed by atoms with Crippen molar-refractivity contribution >= 4 is 22.8 Å². The van der Waals surface area contributed by atoms with E-state index >= 15 is 0 Å². The molecule has 0 aliphatic heterocycles. The number of benzene rings is 1. The fourth-order valence-electron chi connectivity index (χ4n) is 2.37. The average Bonchev–Trinajstić information content (AvgIpc) is 3.33. The Balaban J connectivity index is 1.46. The molecule has 0 saturated heterocycles. The summed E-state index contributed by atoms with van der Waals surface area (Å²) in [6.45, 7) is 0. The summed E-state index contributed by atoms with van der Waals surface area (Å²) in [5.74, 6) is 0.604. The topological polar surface area (TPSA) is 91.0 Å². The van der Waals surface area contributed by atoms with Crippen molar-refractivity contribution in [1.82, 2.24) is 15.2 Å². The predicted octanol–water partition coefficient (Wildman–Crippen LogP) is 3.15. The van der Waals surface area contributed by atoms with Crippen molar-refractivity contribution in [3.05, 3.63) is 53.3 Å². The molecule has 1 aliphatic carbocycles. The van der Waals surface area contributed by atoms with E-state index < -0.39 is 0 Å². The van der Waals surface area contributed by atoms with Crippen LogP contribution >= 0.6 is 11.3 Å². The quantitative estimate of drug-likeness (QED) is 0.541. The van der Waals surface area contributed by atoms with E-state index in [0.29, 0.717) is 22.0 Å². The lowest BCUT2D eigenvalue weighted by molar-refractivity contribution is 0.0992. The highest BCUT2D eigenvalue weighted by atomic mass is 32.1. The third-order valence-electron chi connectivity index (χ3n) is 3.84. The number of ketones is 1. The minimum Gasteiger partial charge on any atom is -0.488 e. The molecular formula is C18H16N4O2S. The molecule has 2 aromatic heterocycles. The van der Waals surface area contributed by atoms with Gasteiger partial charge in [-0.3, -0.25) is 9.78 Å². The van der Waals surface area contributed by atoms with Gasteiger partial charge in [-0.15, -0.1) is 10.2 Å². The molecule has 0 spiro atoms. The van der Waals surface area contributed by atoms with Gasteiger partial charge in [0.2, 0.25) is 0 Å². The summed E-state index contributed by atoms with van der Waals surface area (Å²) in [5.41, 5.74) is 7.94. The summed E-state index contributed by atoms with van der Waals surface area (Å²) in [6.07, 6.45) is 6.03. The van der Waals surface area contributed by atoms with Gasteiger partial charge in [-0.1, -0.05) is 11.3 Å². The van der Waals surface area contributed by atoms with Crippen LogP contribution in [0.15, 0.2) is 42.7 Å². The van der Waals surface area contributed by atoms with Crippen LogP contribution in [0.25, 0.3) is 10.6 Å². The van der Waals surface area contributed by atoms with Gasteiger partial charge in [0, 0.05) is 23.5 Å². The first-order chi connectivity index (χ1) is 12.2. The summed E-state index contributed by atoms with van der Waals surface area (Å²) in [6, 6.07) is 8.94. The average molecular weight is 352 g/mol. The molecule has 3 aromatic rings. The molecule has 0 radical (unpaired) electrons. The Morgan fingerprint density at radius 3 is 2.88 bits per heavy atom. The van der Waals surface area contributed by atoms with Gasteiger partial charge in [0.1, 0.15) is 15.8 Å². The van der Waals surface area contributed by atoms with Gasteiger partial charge in [0.05, 0.1) is 18.2 Å². The SMILES string of the molecule is Nc1cc(C(=O)Cc2nnc(-c3cccnc3)s2)ccc1OC1CC1. The highest BCUT2D eigenvalue weighted by Crippen LogP contribution is 2.31. The highest BCUT2D eigenvalue weighted by Gasteiger charge is 2.24. The van der Waals surface area contributed by atoms with Gasteiger partial charge in [0.15, 0.2) is 5.78 Å². The summed E-state index contributed by atoms with van der Waals surface area (Å²) in [4.78, 5) is 16.6. The van der Waals surface area contributed by atoms with E-state index in [2.05, 4.69) is 15.2 Å².